The predicted octanol–water partition coefficient (Wildman–Crippen LogP) is 4.26. The zero-order chi connectivity index (χ0) is 14.8. The Morgan fingerprint density at radius 1 is 1.14 bits per heavy atom. The van der Waals surface area contributed by atoms with E-state index >= 15 is 0 Å². The molecule has 1 aliphatic rings. The lowest BCUT2D eigenvalue weighted by Crippen LogP contribution is -2.22. The fraction of sp³-hybridized carbons (Fsp3) is 0.211. The molecule has 0 radical (unpaired) electrons. The number of nitrogen functional groups attached to an aromatic ring is 1. The zero-order valence-corrected chi connectivity index (χ0v) is 12.0. The molecule has 2 heteroatoms. The summed E-state index contributed by atoms with van der Waals surface area (Å²) in [5.74, 6) is 0.373. The molecule has 0 saturated carbocycles. The maximum atomic E-state index is 12.4. The highest BCUT2D eigenvalue weighted by molar-refractivity contribution is 6.00. The topological polar surface area (TPSA) is 43.1 Å². The Kier molecular flexibility index (Phi) is 3.61. The van der Waals surface area contributed by atoms with Gasteiger partial charge in [-0.25, -0.2) is 0 Å². The smallest absolute Gasteiger partial charge is 0.166 e. The Morgan fingerprint density at radius 3 is 2.57 bits per heavy atom. The molecule has 1 unspecified atom stereocenters. The molecule has 0 aliphatic heterocycles. The van der Waals surface area contributed by atoms with Crippen LogP contribution in [0.15, 0.2) is 55.1 Å². The van der Waals surface area contributed by atoms with E-state index in [1.54, 1.807) is 0 Å². The second-order valence-electron chi connectivity index (χ2n) is 5.62. The van der Waals surface area contributed by atoms with E-state index in [2.05, 4.69) is 12.6 Å². The number of allylic oxidation sites excluding steroid dienone is 1. The molecule has 106 valence electrons. The van der Waals surface area contributed by atoms with E-state index in [0.29, 0.717) is 0 Å². The van der Waals surface area contributed by atoms with Crippen molar-refractivity contribution in [3.63, 3.8) is 0 Å². The number of Topliss-reactive ketones (excluding diaryl/α,β-unsaturated/α-hetero) is 1. The van der Waals surface area contributed by atoms with Crippen LogP contribution in [0.25, 0.3) is 11.1 Å². The van der Waals surface area contributed by atoms with Gasteiger partial charge in [0, 0.05) is 17.2 Å². The van der Waals surface area contributed by atoms with Crippen molar-refractivity contribution in [3.8, 4) is 11.1 Å². The highest BCUT2D eigenvalue weighted by Crippen LogP contribution is 2.31. The van der Waals surface area contributed by atoms with Crippen molar-refractivity contribution >= 4 is 11.5 Å². The van der Waals surface area contributed by atoms with Crippen molar-refractivity contribution in [2.45, 2.75) is 19.3 Å². The van der Waals surface area contributed by atoms with Gasteiger partial charge >= 0.3 is 0 Å². The number of fused-ring (bicyclic) bond motifs is 1. The number of hydrogen-bond acceptors (Lipinski definition) is 2. The van der Waals surface area contributed by atoms with Gasteiger partial charge in [-0.15, -0.1) is 6.58 Å². The first-order valence-electron chi connectivity index (χ1n) is 7.33. The molecule has 2 aromatic carbocycles. The second-order valence-corrected chi connectivity index (χ2v) is 5.62. The molecule has 1 atom stereocenters. The third kappa shape index (κ3) is 2.62. The summed E-state index contributed by atoms with van der Waals surface area (Å²) >= 11 is 0. The Labute approximate surface area is 125 Å². The van der Waals surface area contributed by atoms with E-state index in [9.17, 15) is 4.79 Å². The van der Waals surface area contributed by atoms with Gasteiger partial charge in [0.15, 0.2) is 5.78 Å². The summed E-state index contributed by atoms with van der Waals surface area (Å²) in [5.41, 5.74) is 10.8. The molecule has 0 aromatic heterocycles. The molecular formula is C19H19NO. The van der Waals surface area contributed by atoms with Gasteiger partial charge in [-0.3, -0.25) is 4.79 Å². The zero-order valence-electron chi connectivity index (χ0n) is 12.0. The number of ketones is 1. The first-order chi connectivity index (χ1) is 10.2. The molecule has 0 bridgehead atoms. The van der Waals surface area contributed by atoms with Crippen LogP contribution in [0.1, 0.15) is 28.8 Å². The fourth-order valence-electron chi connectivity index (χ4n) is 3.00. The van der Waals surface area contributed by atoms with Crippen molar-refractivity contribution in [1.82, 2.24) is 0 Å². The Morgan fingerprint density at radius 2 is 1.86 bits per heavy atom. The molecule has 2 nitrogen and oxygen atoms in total. The van der Waals surface area contributed by atoms with Crippen LogP contribution in [0.2, 0.25) is 0 Å². The van der Waals surface area contributed by atoms with E-state index in [4.69, 9.17) is 5.73 Å². The minimum atomic E-state index is 0.109. The summed E-state index contributed by atoms with van der Waals surface area (Å²) in [6.07, 6.45) is 4.50. The molecule has 0 fully saturated rings. The van der Waals surface area contributed by atoms with Gasteiger partial charge in [0.1, 0.15) is 0 Å². The minimum Gasteiger partial charge on any atom is -0.399 e. The van der Waals surface area contributed by atoms with Crippen LogP contribution in [0.4, 0.5) is 5.69 Å². The van der Waals surface area contributed by atoms with E-state index in [-0.39, 0.29) is 11.7 Å². The molecule has 21 heavy (non-hydrogen) atoms. The fourth-order valence-corrected chi connectivity index (χ4v) is 3.00. The van der Waals surface area contributed by atoms with Crippen LogP contribution in [-0.4, -0.2) is 5.78 Å². The van der Waals surface area contributed by atoms with E-state index in [1.807, 2.05) is 42.5 Å². The maximum Gasteiger partial charge on any atom is 0.166 e. The van der Waals surface area contributed by atoms with Crippen molar-refractivity contribution in [1.29, 1.82) is 0 Å². The highest BCUT2D eigenvalue weighted by Gasteiger charge is 2.26. The second kappa shape index (κ2) is 5.57. The molecule has 0 spiro atoms. The van der Waals surface area contributed by atoms with Gasteiger partial charge in [0.2, 0.25) is 0 Å². The normalized spacial score (nSPS) is 17.3. The monoisotopic (exact) mass is 277 g/mol. The third-order valence-electron chi connectivity index (χ3n) is 4.20. The first kappa shape index (κ1) is 13.6. The average Bonchev–Trinajstić information content (AvgIpc) is 2.51. The number of aryl methyl sites for hydroxylation is 1. The predicted molar refractivity (Wildman–Crippen MR) is 87.2 cm³/mol. The molecule has 3 rings (SSSR count). The molecule has 2 N–H and O–H groups in total. The van der Waals surface area contributed by atoms with E-state index in [0.717, 1.165) is 47.2 Å². The number of hydrogen-bond donors (Lipinski definition) is 1. The van der Waals surface area contributed by atoms with Crippen LogP contribution in [-0.2, 0) is 6.42 Å². The van der Waals surface area contributed by atoms with Crippen molar-refractivity contribution in [2.75, 3.05) is 5.73 Å². The van der Waals surface area contributed by atoms with Crippen molar-refractivity contribution in [2.24, 2.45) is 5.92 Å². The first-order valence-corrected chi connectivity index (χ1v) is 7.33. The molecule has 0 saturated heterocycles. The largest absolute Gasteiger partial charge is 0.399 e. The average molecular weight is 277 g/mol. The van der Waals surface area contributed by atoms with Crippen LogP contribution in [0.3, 0.4) is 0 Å². The SMILES string of the molecule is C=CCC1CCc2cc(-c3ccc(N)cc3)ccc2C1=O. The number of rotatable bonds is 3. The Balaban J connectivity index is 1.94. The van der Waals surface area contributed by atoms with Gasteiger partial charge < -0.3 is 5.73 Å². The van der Waals surface area contributed by atoms with Gasteiger partial charge in [-0.2, -0.15) is 0 Å². The number of carbonyl (C=O) groups is 1. The summed E-state index contributed by atoms with van der Waals surface area (Å²) < 4.78 is 0. The van der Waals surface area contributed by atoms with Crippen LogP contribution in [0.5, 0.6) is 0 Å². The summed E-state index contributed by atoms with van der Waals surface area (Å²) in [7, 11) is 0. The lowest BCUT2D eigenvalue weighted by atomic mass is 9.80. The van der Waals surface area contributed by atoms with E-state index in [1.165, 1.54) is 0 Å². The van der Waals surface area contributed by atoms with Crippen LogP contribution >= 0.6 is 0 Å². The number of anilines is 1. The van der Waals surface area contributed by atoms with Crippen molar-refractivity contribution < 1.29 is 4.79 Å². The summed E-state index contributed by atoms with van der Waals surface area (Å²) in [6, 6.07) is 14.0. The van der Waals surface area contributed by atoms with Crippen molar-refractivity contribution in [3.05, 3.63) is 66.2 Å². The number of benzene rings is 2. The minimum absolute atomic E-state index is 0.109. The lowest BCUT2D eigenvalue weighted by molar-refractivity contribution is 0.0903. The van der Waals surface area contributed by atoms with Gasteiger partial charge in [-0.1, -0.05) is 36.4 Å². The van der Waals surface area contributed by atoms with Gasteiger partial charge in [0.05, 0.1) is 0 Å². The van der Waals surface area contributed by atoms with Crippen LogP contribution < -0.4 is 5.73 Å². The molecule has 0 heterocycles. The molecular weight excluding hydrogens is 258 g/mol. The third-order valence-corrected chi connectivity index (χ3v) is 4.20. The summed E-state index contributed by atoms with van der Waals surface area (Å²) in [4.78, 5) is 12.4. The lowest BCUT2D eigenvalue weighted by Gasteiger charge is -2.23. The Bertz CT molecular complexity index is 685. The molecule has 0 amide bonds. The maximum absolute atomic E-state index is 12.4. The van der Waals surface area contributed by atoms with Gasteiger partial charge in [0.25, 0.3) is 0 Å². The number of nitrogens with two attached hydrogens (primary N) is 1. The van der Waals surface area contributed by atoms with Gasteiger partial charge in [-0.05, 0) is 48.1 Å². The van der Waals surface area contributed by atoms with E-state index < -0.39 is 0 Å². The summed E-state index contributed by atoms with van der Waals surface area (Å²) in [6.45, 7) is 3.74. The quantitative estimate of drug-likeness (QED) is 0.673. The molecule has 2 aromatic rings. The summed E-state index contributed by atoms with van der Waals surface area (Å²) in [5, 5.41) is 0. The number of carbonyl (C=O) groups excluding carboxylic acids is 1. The molecule has 1 aliphatic carbocycles. The Hall–Kier alpha value is -2.35. The standard InChI is InChI=1S/C19H19NO/c1-2-3-14-4-5-16-12-15(8-11-18(16)19(14)21)13-6-9-17(20)10-7-13/h2,6-12,14H,1,3-5,20H2. The highest BCUT2D eigenvalue weighted by atomic mass is 16.1. The van der Waals surface area contributed by atoms with Crippen LogP contribution in [0, 0.1) is 5.92 Å².